The van der Waals surface area contributed by atoms with Gasteiger partial charge in [0, 0.05) is 0 Å². The molecule has 0 radical (unpaired) electrons. The molecule has 2 rings (SSSR count). The van der Waals surface area contributed by atoms with E-state index in [0.717, 1.165) is 6.07 Å². The molecule has 0 spiro atoms. The molecule has 1 heterocycles. The van der Waals surface area contributed by atoms with E-state index in [9.17, 15) is 13.2 Å². The zero-order valence-corrected chi connectivity index (χ0v) is 14.8. The van der Waals surface area contributed by atoms with E-state index in [1.165, 1.54) is 37.0 Å². The van der Waals surface area contributed by atoms with Gasteiger partial charge in [-0.2, -0.15) is 18.3 Å². The first-order valence-electron chi connectivity index (χ1n) is 6.47. The molecule has 0 saturated heterocycles. The molecule has 0 unspecified atom stereocenters. The lowest BCUT2D eigenvalue weighted by molar-refractivity contribution is -0.138. The third-order valence-electron chi connectivity index (χ3n) is 3.03. The Hall–Kier alpha value is -1.51. The summed E-state index contributed by atoms with van der Waals surface area (Å²) in [5.41, 5.74) is 2.34. The number of thioether (sulfide) groups is 1. The first-order chi connectivity index (χ1) is 11.2. The van der Waals surface area contributed by atoms with E-state index in [0.29, 0.717) is 5.16 Å². The molecule has 1 N–H and O–H groups in total. The maximum absolute atomic E-state index is 12.9. The minimum absolute atomic E-state index is 0.0355. The van der Waals surface area contributed by atoms with Gasteiger partial charge in [0.2, 0.25) is 0 Å². The number of nitrogens with one attached hydrogen (secondary N) is 1. The van der Waals surface area contributed by atoms with Crippen molar-refractivity contribution in [2.24, 2.45) is 5.10 Å². The number of hydrogen-bond acceptors (Lipinski definition) is 5. The number of alkyl halides is 3. The van der Waals surface area contributed by atoms with Crippen LogP contribution in [-0.4, -0.2) is 22.4 Å². The van der Waals surface area contributed by atoms with Gasteiger partial charge in [0.25, 0.3) is 0 Å². The maximum Gasteiger partial charge on any atom is 0.416 e. The smallest absolute Gasteiger partial charge is 0.278 e. The van der Waals surface area contributed by atoms with Crippen LogP contribution < -0.4 is 5.43 Å². The predicted molar refractivity (Wildman–Crippen MR) is 91.2 cm³/mol. The average Bonchev–Trinajstić information content (AvgIpc) is 2.50. The van der Waals surface area contributed by atoms with Crippen LogP contribution in [0.1, 0.15) is 16.7 Å². The molecule has 1 aromatic carbocycles. The van der Waals surface area contributed by atoms with Crippen LogP contribution in [0.3, 0.4) is 0 Å². The van der Waals surface area contributed by atoms with Gasteiger partial charge < -0.3 is 0 Å². The molecule has 2 aromatic rings. The summed E-state index contributed by atoms with van der Waals surface area (Å²) < 4.78 is 38.6. The van der Waals surface area contributed by atoms with E-state index in [1.807, 2.05) is 0 Å². The first-order valence-corrected chi connectivity index (χ1v) is 8.45. The van der Waals surface area contributed by atoms with Crippen LogP contribution in [0.4, 0.5) is 18.9 Å². The molecule has 10 heteroatoms. The van der Waals surface area contributed by atoms with Crippen LogP contribution >= 0.6 is 35.0 Å². The minimum Gasteiger partial charge on any atom is -0.278 e. The zero-order chi connectivity index (χ0) is 17.9. The van der Waals surface area contributed by atoms with Crippen molar-refractivity contribution in [1.82, 2.24) is 9.97 Å². The average molecular weight is 395 g/mol. The molecular weight excluding hydrogens is 384 g/mol. The van der Waals surface area contributed by atoms with Crippen molar-refractivity contribution < 1.29 is 13.2 Å². The standard InChI is InChI=1S/C14H11Cl2F3N4S/c1-7-9(14(17,18)19)4-3-5-10(7)23-20-6-8-11(15)21-13(24-2)22-12(8)16/h3-6,23H,1-2H3/b20-6+. The molecule has 1 aromatic heterocycles. The van der Waals surface area contributed by atoms with Crippen LogP contribution in [0, 0.1) is 6.92 Å². The number of halogens is 5. The van der Waals surface area contributed by atoms with E-state index in [-0.39, 0.29) is 27.1 Å². The van der Waals surface area contributed by atoms with Crippen molar-refractivity contribution >= 4 is 46.9 Å². The maximum atomic E-state index is 12.9. The second-order valence-electron chi connectivity index (χ2n) is 4.55. The fourth-order valence-electron chi connectivity index (χ4n) is 1.83. The Balaban J connectivity index is 2.25. The van der Waals surface area contributed by atoms with Gasteiger partial charge in [0.15, 0.2) is 5.16 Å². The van der Waals surface area contributed by atoms with E-state index < -0.39 is 11.7 Å². The summed E-state index contributed by atoms with van der Waals surface area (Å²) in [7, 11) is 0. The fraction of sp³-hybridized carbons (Fsp3) is 0.214. The van der Waals surface area contributed by atoms with Crippen molar-refractivity contribution in [2.45, 2.75) is 18.3 Å². The summed E-state index contributed by atoms with van der Waals surface area (Å²) in [6.45, 7) is 1.36. The quantitative estimate of drug-likeness (QED) is 0.252. The highest BCUT2D eigenvalue weighted by molar-refractivity contribution is 7.98. The van der Waals surface area contributed by atoms with Gasteiger partial charge in [-0.3, -0.25) is 5.43 Å². The lowest BCUT2D eigenvalue weighted by Crippen LogP contribution is -2.08. The molecule has 0 fully saturated rings. The number of hydrazone groups is 1. The van der Waals surface area contributed by atoms with Crippen molar-refractivity contribution in [3.63, 3.8) is 0 Å². The number of hydrogen-bond donors (Lipinski definition) is 1. The Morgan fingerprint density at radius 1 is 1.21 bits per heavy atom. The number of aromatic nitrogens is 2. The van der Waals surface area contributed by atoms with Crippen LogP contribution in [0.5, 0.6) is 0 Å². The van der Waals surface area contributed by atoms with Crippen LogP contribution in [0.15, 0.2) is 28.5 Å². The highest BCUT2D eigenvalue weighted by Crippen LogP contribution is 2.34. The van der Waals surface area contributed by atoms with Gasteiger partial charge in [-0.15, -0.1) is 0 Å². The summed E-state index contributed by atoms with van der Waals surface area (Å²) in [5.74, 6) is 0. The second-order valence-corrected chi connectivity index (χ2v) is 6.04. The molecule has 0 aliphatic carbocycles. The van der Waals surface area contributed by atoms with E-state index in [2.05, 4.69) is 20.5 Å². The Kier molecular flexibility index (Phi) is 5.95. The molecule has 24 heavy (non-hydrogen) atoms. The molecular formula is C14H11Cl2F3N4S. The highest BCUT2D eigenvalue weighted by Gasteiger charge is 2.32. The second kappa shape index (κ2) is 7.58. The number of anilines is 1. The fourth-order valence-corrected chi connectivity index (χ4v) is 2.78. The molecule has 128 valence electrons. The first kappa shape index (κ1) is 18.8. The SMILES string of the molecule is CSc1nc(Cl)c(/C=N/Nc2cccc(C(F)(F)F)c2C)c(Cl)n1. The van der Waals surface area contributed by atoms with Crippen LogP contribution in [0.2, 0.25) is 10.3 Å². The normalized spacial score (nSPS) is 12.0. The summed E-state index contributed by atoms with van der Waals surface area (Å²) in [6, 6.07) is 3.79. The lowest BCUT2D eigenvalue weighted by atomic mass is 10.1. The third-order valence-corrected chi connectivity index (χ3v) is 4.16. The van der Waals surface area contributed by atoms with E-state index in [1.54, 1.807) is 6.26 Å². The molecule has 0 atom stereocenters. The minimum atomic E-state index is -4.43. The van der Waals surface area contributed by atoms with Gasteiger partial charge in [-0.25, -0.2) is 9.97 Å². The molecule has 0 saturated carbocycles. The molecule has 0 bridgehead atoms. The largest absolute Gasteiger partial charge is 0.416 e. The van der Waals surface area contributed by atoms with Gasteiger partial charge >= 0.3 is 6.18 Å². The number of benzene rings is 1. The predicted octanol–water partition coefficient (Wildman–Crippen LogP) is 5.28. The Morgan fingerprint density at radius 3 is 2.38 bits per heavy atom. The van der Waals surface area contributed by atoms with Crippen molar-refractivity contribution in [2.75, 3.05) is 11.7 Å². The molecule has 4 nitrogen and oxygen atoms in total. The Labute approximate surface area is 150 Å². The van der Waals surface area contributed by atoms with Gasteiger partial charge in [-0.1, -0.05) is 41.0 Å². The summed E-state index contributed by atoms with van der Waals surface area (Å²) in [5, 5.41) is 4.49. The molecule has 0 aliphatic heterocycles. The molecule has 0 amide bonds. The Bertz CT molecular complexity index is 758. The van der Waals surface area contributed by atoms with Crippen LogP contribution in [-0.2, 0) is 6.18 Å². The lowest BCUT2D eigenvalue weighted by Gasteiger charge is -2.13. The summed E-state index contributed by atoms with van der Waals surface area (Å²) in [6.07, 6.45) is -1.40. The Morgan fingerprint density at radius 2 is 1.83 bits per heavy atom. The van der Waals surface area contributed by atoms with Crippen molar-refractivity contribution in [3.05, 3.63) is 45.2 Å². The summed E-state index contributed by atoms with van der Waals surface area (Å²) >= 11 is 13.3. The van der Waals surface area contributed by atoms with Crippen molar-refractivity contribution in [1.29, 1.82) is 0 Å². The number of rotatable bonds is 4. The van der Waals surface area contributed by atoms with Gasteiger partial charge in [0.1, 0.15) is 10.3 Å². The number of nitrogens with zero attached hydrogens (tertiary/aromatic N) is 3. The third kappa shape index (κ3) is 4.31. The highest BCUT2D eigenvalue weighted by atomic mass is 35.5. The summed E-state index contributed by atoms with van der Waals surface area (Å²) in [4.78, 5) is 8.01. The monoisotopic (exact) mass is 394 g/mol. The van der Waals surface area contributed by atoms with Gasteiger partial charge in [0.05, 0.1) is 23.0 Å². The van der Waals surface area contributed by atoms with Gasteiger partial charge in [-0.05, 0) is 30.9 Å². The van der Waals surface area contributed by atoms with E-state index in [4.69, 9.17) is 23.2 Å². The zero-order valence-electron chi connectivity index (χ0n) is 12.4. The van der Waals surface area contributed by atoms with E-state index >= 15 is 0 Å². The molecule has 0 aliphatic rings. The van der Waals surface area contributed by atoms with Crippen LogP contribution in [0.25, 0.3) is 0 Å². The topological polar surface area (TPSA) is 50.2 Å². The van der Waals surface area contributed by atoms with Crippen molar-refractivity contribution in [3.8, 4) is 0 Å².